The van der Waals surface area contributed by atoms with Crippen LogP contribution in [0, 0.1) is 0 Å². The number of rotatable bonds is 7. The average molecular weight is 261 g/mol. The summed E-state index contributed by atoms with van der Waals surface area (Å²) in [4.78, 5) is 0. The molecule has 104 valence electrons. The SMILES string of the molecule is CCOCCC(Cc1nn(C)c2ccccc12)NC. The molecule has 1 aromatic carbocycles. The van der Waals surface area contributed by atoms with Crippen LogP contribution < -0.4 is 5.32 Å². The van der Waals surface area contributed by atoms with Crippen molar-refractivity contribution in [3.05, 3.63) is 30.0 Å². The zero-order valence-corrected chi connectivity index (χ0v) is 12.0. The number of hydrogen-bond donors (Lipinski definition) is 1. The third kappa shape index (κ3) is 3.33. The van der Waals surface area contributed by atoms with Gasteiger partial charge >= 0.3 is 0 Å². The van der Waals surface area contributed by atoms with E-state index in [9.17, 15) is 0 Å². The molecule has 0 amide bonds. The van der Waals surface area contributed by atoms with E-state index in [-0.39, 0.29) is 0 Å². The summed E-state index contributed by atoms with van der Waals surface area (Å²) in [7, 11) is 4.00. The molecule has 4 nitrogen and oxygen atoms in total. The van der Waals surface area contributed by atoms with Crippen molar-refractivity contribution in [3.63, 3.8) is 0 Å². The van der Waals surface area contributed by atoms with Crippen LogP contribution in [-0.4, -0.2) is 36.1 Å². The van der Waals surface area contributed by atoms with Gasteiger partial charge in [-0.05, 0) is 26.5 Å². The molecule has 1 aromatic heterocycles. The molecule has 2 aromatic rings. The van der Waals surface area contributed by atoms with Crippen LogP contribution in [0.25, 0.3) is 10.9 Å². The molecule has 0 fully saturated rings. The monoisotopic (exact) mass is 261 g/mol. The van der Waals surface area contributed by atoms with E-state index in [0.29, 0.717) is 6.04 Å². The molecule has 19 heavy (non-hydrogen) atoms. The summed E-state index contributed by atoms with van der Waals surface area (Å²) in [6, 6.07) is 8.79. The predicted molar refractivity (Wildman–Crippen MR) is 78.4 cm³/mol. The third-order valence-electron chi connectivity index (χ3n) is 3.50. The van der Waals surface area contributed by atoms with E-state index in [4.69, 9.17) is 4.74 Å². The van der Waals surface area contributed by atoms with Gasteiger partial charge in [0.25, 0.3) is 0 Å². The lowest BCUT2D eigenvalue weighted by molar-refractivity contribution is 0.137. The molecule has 1 heterocycles. The van der Waals surface area contributed by atoms with Crippen molar-refractivity contribution < 1.29 is 4.74 Å². The molecule has 1 unspecified atom stereocenters. The summed E-state index contributed by atoms with van der Waals surface area (Å²) >= 11 is 0. The number of para-hydroxylation sites is 1. The molecule has 0 aliphatic heterocycles. The van der Waals surface area contributed by atoms with Crippen LogP contribution >= 0.6 is 0 Å². The standard InChI is InChI=1S/C15H23N3O/c1-4-19-10-9-12(16-2)11-14-13-7-5-6-8-15(13)18(3)17-14/h5-8,12,16H,4,9-11H2,1-3H3. The van der Waals surface area contributed by atoms with E-state index >= 15 is 0 Å². The number of benzene rings is 1. The number of aryl methyl sites for hydroxylation is 1. The van der Waals surface area contributed by atoms with Crippen molar-refractivity contribution in [2.45, 2.75) is 25.8 Å². The van der Waals surface area contributed by atoms with E-state index in [1.807, 2.05) is 25.7 Å². The predicted octanol–water partition coefficient (Wildman–Crippen LogP) is 2.13. The first kappa shape index (κ1) is 14.0. The molecule has 0 saturated heterocycles. The smallest absolute Gasteiger partial charge is 0.0718 e. The first-order valence-electron chi connectivity index (χ1n) is 6.91. The highest BCUT2D eigenvalue weighted by molar-refractivity contribution is 5.81. The van der Waals surface area contributed by atoms with Crippen LogP contribution in [0.3, 0.4) is 0 Å². The van der Waals surface area contributed by atoms with Gasteiger partial charge in [0.15, 0.2) is 0 Å². The minimum Gasteiger partial charge on any atom is -0.382 e. The lowest BCUT2D eigenvalue weighted by Gasteiger charge is -2.14. The minimum atomic E-state index is 0.407. The Kier molecular flexibility index (Phi) is 4.93. The Labute approximate surface area is 114 Å². The molecule has 1 N–H and O–H groups in total. The zero-order valence-electron chi connectivity index (χ0n) is 12.0. The van der Waals surface area contributed by atoms with Gasteiger partial charge in [-0.3, -0.25) is 4.68 Å². The number of hydrogen-bond acceptors (Lipinski definition) is 3. The van der Waals surface area contributed by atoms with E-state index in [2.05, 4.69) is 34.7 Å². The van der Waals surface area contributed by atoms with Gasteiger partial charge in [-0.25, -0.2) is 0 Å². The summed E-state index contributed by atoms with van der Waals surface area (Å²) in [6.45, 7) is 3.61. The quantitative estimate of drug-likeness (QED) is 0.776. The number of nitrogens with zero attached hydrogens (tertiary/aromatic N) is 2. The molecular formula is C15H23N3O. The van der Waals surface area contributed by atoms with Gasteiger partial charge < -0.3 is 10.1 Å². The van der Waals surface area contributed by atoms with Crippen LogP contribution in [0.2, 0.25) is 0 Å². The second-order valence-electron chi connectivity index (χ2n) is 4.76. The number of aromatic nitrogens is 2. The largest absolute Gasteiger partial charge is 0.382 e. The number of nitrogens with one attached hydrogen (secondary N) is 1. The Bertz CT molecular complexity index is 521. The third-order valence-corrected chi connectivity index (χ3v) is 3.50. The maximum atomic E-state index is 5.43. The first-order valence-corrected chi connectivity index (χ1v) is 6.91. The van der Waals surface area contributed by atoms with Crippen molar-refractivity contribution >= 4 is 10.9 Å². The normalized spacial score (nSPS) is 13.0. The summed E-state index contributed by atoms with van der Waals surface area (Å²) in [5.41, 5.74) is 2.35. The van der Waals surface area contributed by atoms with E-state index < -0.39 is 0 Å². The van der Waals surface area contributed by atoms with E-state index in [1.165, 1.54) is 10.9 Å². The van der Waals surface area contributed by atoms with E-state index in [1.54, 1.807) is 0 Å². The molecule has 0 aliphatic carbocycles. The first-order chi connectivity index (χ1) is 9.26. The number of ether oxygens (including phenoxy) is 1. The van der Waals surface area contributed by atoms with Crippen LogP contribution in [0.15, 0.2) is 24.3 Å². The molecule has 0 bridgehead atoms. The number of likely N-dealkylation sites (N-methyl/N-ethyl adjacent to an activating group) is 1. The Balaban J connectivity index is 2.11. The van der Waals surface area contributed by atoms with Crippen LogP contribution in [0.4, 0.5) is 0 Å². The van der Waals surface area contributed by atoms with Crippen molar-refractivity contribution in [2.75, 3.05) is 20.3 Å². The second kappa shape index (κ2) is 6.68. The second-order valence-corrected chi connectivity index (χ2v) is 4.76. The highest BCUT2D eigenvalue weighted by Gasteiger charge is 2.13. The summed E-state index contributed by atoms with van der Waals surface area (Å²) in [5, 5.41) is 9.25. The fourth-order valence-corrected chi connectivity index (χ4v) is 2.39. The van der Waals surface area contributed by atoms with Crippen molar-refractivity contribution in [3.8, 4) is 0 Å². The maximum Gasteiger partial charge on any atom is 0.0718 e. The van der Waals surface area contributed by atoms with Crippen molar-refractivity contribution in [2.24, 2.45) is 7.05 Å². The fraction of sp³-hybridized carbons (Fsp3) is 0.533. The molecule has 0 aliphatic rings. The molecular weight excluding hydrogens is 238 g/mol. The molecule has 0 radical (unpaired) electrons. The Hall–Kier alpha value is -1.39. The molecule has 0 spiro atoms. The number of fused-ring (bicyclic) bond motifs is 1. The lowest BCUT2D eigenvalue weighted by atomic mass is 10.1. The van der Waals surface area contributed by atoms with Gasteiger partial charge in [0.05, 0.1) is 11.2 Å². The zero-order chi connectivity index (χ0) is 13.7. The summed E-state index contributed by atoms with van der Waals surface area (Å²) in [5.74, 6) is 0. The van der Waals surface area contributed by atoms with Crippen LogP contribution in [0.5, 0.6) is 0 Å². The highest BCUT2D eigenvalue weighted by atomic mass is 16.5. The van der Waals surface area contributed by atoms with E-state index in [0.717, 1.165) is 31.7 Å². The Morgan fingerprint density at radius 2 is 2.16 bits per heavy atom. The van der Waals surface area contributed by atoms with Crippen LogP contribution in [-0.2, 0) is 18.2 Å². The van der Waals surface area contributed by atoms with Gasteiger partial charge in [0.1, 0.15) is 0 Å². The van der Waals surface area contributed by atoms with Gasteiger partial charge in [-0.15, -0.1) is 0 Å². The summed E-state index contributed by atoms with van der Waals surface area (Å²) in [6.07, 6.45) is 1.94. The molecule has 2 rings (SSSR count). The fourth-order valence-electron chi connectivity index (χ4n) is 2.39. The molecule has 0 saturated carbocycles. The molecule has 1 atom stereocenters. The maximum absolute atomic E-state index is 5.43. The highest BCUT2D eigenvalue weighted by Crippen LogP contribution is 2.19. The Morgan fingerprint density at radius 3 is 2.89 bits per heavy atom. The van der Waals surface area contributed by atoms with Crippen molar-refractivity contribution in [1.82, 2.24) is 15.1 Å². The summed E-state index contributed by atoms with van der Waals surface area (Å²) < 4.78 is 7.39. The van der Waals surface area contributed by atoms with Gasteiger partial charge in [-0.2, -0.15) is 5.10 Å². The Morgan fingerprint density at radius 1 is 1.37 bits per heavy atom. The van der Waals surface area contributed by atoms with Gasteiger partial charge in [0, 0.05) is 38.1 Å². The van der Waals surface area contributed by atoms with Crippen LogP contribution in [0.1, 0.15) is 19.0 Å². The van der Waals surface area contributed by atoms with Gasteiger partial charge in [-0.1, -0.05) is 18.2 Å². The topological polar surface area (TPSA) is 39.1 Å². The average Bonchev–Trinajstić information content (AvgIpc) is 2.75. The van der Waals surface area contributed by atoms with Gasteiger partial charge in [0.2, 0.25) is 0 Å². The minimum absolute atomic E-state index is 0.407. The lowest BCUT2D eigenvalue weighted by Crippen LogP contribution is -2.29. The molecule has 4 heteroatoms. The van der Waals surface area contributed by atoms with Crippen molar-refractivity contribution in [1.29, 1.82) is 0 Å².